The summed E-state index contributed by atoms with van der Waals surface area (Å²) in [4.78, 5) is 34.9. The first-order chi connectivity index (χ1) is 12.6. The van der Waals surface area contributed by atoms with Crippen LogP contribution in [0.5, 0.6) is 0 Å². The number of aliphatic hydroxyl groups excluding tert-OH is 1. The summed E-state index contributed by atoms with van der Waals surface area (Å²) < 4.78 is 5.30. The molecule has 1 aliphatic heterocycles. The van der Waals surface area contributed by atoms with Crippen molar-refractivity contribution in [2.24, 2.45) is 5.92 Å². The lowest BCUT2D eigenvalue weighted by Gasteiger charge is -2.38. The molecule has 0 saturated carbocycles. The van der Waals surface area contributed by atoms with Crippen LogP contribution >= 0.6 is 0 Å². The van der Waals surface area contributed by atoms with Gasteiger partial charge in [0.05, 0.1) is 31.9 Å². The number of carbonyl (C=O) groups is 3. The SMILES string of the molecule is C=CC(CCB(O)O)C(O)/C(=C/OC1CN(C(=O)CCC(=O)O)C1)C(=O)O. The van der Waals surface area contributed by atoms with Gasteiger partial charge in [-0.15, -0.1) is 6.58 Å². The zero-order valence-corrected chi connectivity index (χ0v) is 14.7. The molecule has 2 atom stereocenters. The molecule has 1 saturated heterocycles. The van der Waals surface area contributed by atoms with Crippen molar-refractivity contribution in [2.45, 2.75) is 37.8 Å². The van der Waals surface area contributed by atoms with Gasteiger partial charge in [0.25, 0.3) is 0 Å². The van der Waals surface area contributed by atoms with E-state index < -0.39 is 42.8 Å². The van der Waals surface area contributed by atoms with Crippen LogP contribution in [0.4, 0.5) is 0 Å². The van der Waals surface area contributed by atoms with Gasteiger partial charge in [-0.25, -0.2) is 4.79 Å². The summed E-state index contributed by atoms with van der Waals surface area (Å²) >= 11 is 0. The average Bonchev–Trinajstić information content (AvgIpc) is 2.54. The average molecular weight is 385 g/mol. The van der Waals surface area contributed by atoms with Crippen molar-refractivity contribution in [1.82, 2.24) is 4.90 Å². The third-order valence-corrected chi connectivity index (χ3v) is 4.17. The monoisotopic (exact) mass is 385 g/mol. The summed E-state index contributed by atoms with van der Waals surface area (Å²) in [5.41, 5.74) is -0.414. The normalized spacial score (nSPS) is 16.9. The predicted octanol–water partition coefficient (Wildman–Crippen LogP) is -0.927. The van der Waals surface area contributed by atoms with Crippen molar-refractivity contribution >= 4 is 25.0 Å². The molecule has 150 valence electrons. The van der Waals surface area contributed by atoms with Crippen molar-refractivity contribution in [3.05, 3.63) is 24.5 Å². The first kappa shape index (κ1) is 22.7. The number of aliphatic carboxylic acids is 2. The van der Waals surface area contributed by atoms with Crippen LogP contribution < -0.4 is 0 Å². The second-order valence-corrected chi connectivity index (χ2v) is 6.23. The Morgan fingerprint density at radius 1 is 1.22 bits per heavy atom. The number of carboxylic acids is 2. The standard InChI is InChI=1S/C16H24BNO9/c1-2-10(5-6-17(25)26)15(22)12(16(23)24)9-27-11-7-18(8-11)13(19)3-4-14(20)21/h2,9-11,15,22,25-26H,1,3-8H2,(H,20,21)(H,23,24)/b12-9-. The highest BCUT2D eigenvalue weighted by molar-refractivity contribution is 6.40. The molecule has 0 bridgehead atoms. The van der Waals surface area contributed by atoms with E-state index in [1.54, 1.807) is 0 Å². The van der Waals surface area contributed by atoms with E-state index in [0.717, 1.165) is 6.26 Å². The minimum Gasteiger partial charge on any atom is -0.494 e. The van der Waals surface area contributed by atoms with E-state index >= 15 is 0 Å². The Hall–Kier alpha value is -2.37. The first-order valence-electron chi connectivity index (χ1n) is 8.40. The smallest absolute Gasteiger partial charge is 0.451 e. The molecule has 0 aromatic rings. The largest absolute Gasteiger partial charge is 0.494 e. The molecule has 1 rings (SSSR count). The van der Waals surface area contributed by atoms with Crippen molar-refractivity contribution in [1.29, 1.82) is 0 Å². The lowest BCUT2D eigenvalue weighted by Crippen LogP contribution is -2.54. The molecule has 27 heavy (non-hydrogen) atoms. The van der Waals surface area contributed by atoms with E-state index in [9.17, 15) is 24.6 Å². The lowest BCUT2D eigenvalue weighted by atomic mass is 9.79. The van der Waals surface area contributed by atoms with Crippen LogP contribution in [0.1, 0.15) is 19.3 Å². The number of amides is 1. The highest BCUT2D eigenvalue weighted by Gasteiger charge is 2.33. The van der Waals surface area contributed by atoms with Gasteiger partial charge in [0.1, 0.15) is 11.7 Å². The maximum absolute atomic E-state index is 11.7. The fraction of sp³-hybridized carbons (Fsp3) is 0.562. The Labute approximate surface area is 156 Å². The molecule has 0 aromatic carbocycles. The van der Waals surface area contributed by atoms with Gasteiger partial charge < -0.3 is 35.0 Å². The summed E-state index contributed by atoms with van der Waals surface area (Å²) in [6.45, 7) is 3.90. The lowest BCUT2D eigenvalue weighted by molar-refractivity contribution is -0.146. The highest BCUT2D eigenvalue weighted by atomic mass is 16.5. The van der Waals surface area contributed by atoms with Crippen LogP contribution in [-0.2, 0) is 19.1 Å². The zero-order valence-electron chi connectivity index (χ0n) is 14.7. The summed E-state index contributed by atoms with van der Waals surface area (Å²) in [5.74, 6) is -3.50. The number of ether oxygens (including phenoxy) is 1. The molecule has 1 fully saturated rings. The molecule has 0 spiro atoms. The fourth-order valence-corrected chi connectivity index (χ4v) is 2.49. The fourth-order valence-electron chi connectivity index (χ4n) is 2.49. The molecule has 2 unspecified atom stereocenters. The molecule has 10 nitrogen and oxygen atoms in total. The Kier molecular flexibility index (Phi) is 8.99. The molecule has 1 aliphatic rings. The van der Waals surface area contributed by atoms with Crippen LogP contribution in [0.15, 0.2) is 24.5 Å². The van der Waals surface area contributed by atoms with E-state index in [0.29, 0.717) is 0 Å². The van der Waals surface area contributed by atoms with Gasteiger partial charge in [0.2, 0.25) is 5.91 Å². The summed E-state index contributed by atoms with van der Waals surface area (Å²) in [6.07, 6.45) is 0.0169. The van der Waals surface area contributed by atoms with Gasteiger partial charge in [-0.1, -0.05) is 6.08 Å². The van der Waals surface area contributed by atoms with Crippen LogP contribution in [0, 0.1) is 5.92 Å². The maximum atomic E-state index is 11.7. The summed E-state index contributed by atoms with van der Waals surface area (Å²) in [5, 5.41) is 45.9. The Balaban J connectivity index is 2.57. The van der Waals surface area contributed by atoms with E-state index in [4.69, 9.17) is 19.9 Å². The number of aliphatic hydroxyl groups is 1. The molecule has 0 radical (unpaired) electrons. The van der Waals surface area contributed by atoms with Crippen LogP contribution in [0.25, 0.3) is 0 Å². The number of hydrogen-bond donors (Lipinski definition) is 5. The second kappa shape index (κ2) is 10.7. The molecule has 0 aliphatic carbocycles. The van der Waals surface area contributed by atoms with E-state index in [1.807, 2.05) is 0 Å². The third-order valence-electron chi connectivity index (χ3n) is 4.17. The van der Waals surface area contributed by atoms with Crippen molar-refractivity contribution in [2.75, 3.05) is 13.1 Å². The molecule has 0 aromatic heterocycles. The van der Waals surface area contributed by atoms with E-state index in [1.165, 1.54) is 11.0 Å². The van der Waals surface area contributed by atoms with E-state index in [-0.39, 0.29) is 44.6 Å². The number of hydrogen-bond acceptors (Lipinski definition) is 7. The van der Waals surface area contributed by atoms with Gasteiger partial charge in [0.15, 0.2) is 0 Å². The molecule has 11 heteroatoms. The quantitative estimate of drug-likeness (QED) is 0.124. The van der Waals surface area contributed by atoms with Gasteiger partial charge in [-0.2, -0.15) is 0 Å². The maximum Gasteiger partial charge on any atom is 0.451 e. The van der Waals surface area contributed by atoms with Gasteiger partial charge in [-0.3, -0.25) is 9.59 Å². The number of likely N-dealkylation sites (tertiary alicyclic amines) is 1. The molecular formula is C16H24BNO9. The Bertz CT molecular complexity index is 586. The minimum atomic E-state index is -1.58. The highest BCUT2D eigenvalue weighted by Crippen LogP contribution is 2.22. The third kappa shape index (κ3) is 7.41. The van der Waals surface area contributed by atoms with Crippen molar-refractivity contribution in [3.8, 4) is 0 Å². The predicted molar refractivity (Wildman–Crippen MR) is 93.4 cm³/mol. The second-order valence-electron chi connectivity index (χ2n) is 6.23. The Morgan fingerprint density at radius 3 is 2.33 bits per heavy atom. The molecule has 5 N–H and O–H groups in total. The van der Waals surface area contributed by atoms with Gasteiger partial charge in [0, 0.05) is 12.3 Å². The summed E-state index contributed by atoms with van der Waals surface area (Å²) in [6, 6.07) is 0. The van der Waals surface area contributed by atoms with Crippen LogP contribution in [0.2, 0.25) is 6.32 Å². The Morgan fingerprint density at radius 2 is 1.85 bits per heavy atom. The number of carboxylic acid groups (broad SMARTS) is 2. The minimum absolute atomic E-state index is 0.0580. The van der Waals surface area contributed by atoms with Crippen molar-refractivity contribution < 1.29 is 44.5 Å². The van der Waals surface area contributed by atoms with E-state index in [2.05, 4.69) is 6.58 Å². The number of nitrogens with zero attached hydrogens (tertiary/aromatic N) is 1. The molecule has 1 amide bonds. The van der Waals surface area contributed by atoms with Crippen molar-refractivity contribution in [3.63, 3.8) is 0 Å². The van der Waals surface area contributed by atoms with Gasteiger partial charge in [-0.05, 0) is 12.7 Å². The zero-order chi connectivity index (χ0) is 20.6. The van der Waals surface area contributed by atoms with Gasteiger partial charge >= 0.3 is 19.1 Å². The first-order valence-corrected chi connectivity index (χ1v) is 8.40. The number of rotatable bonds is 12. The summed E-state index contributed by atoms with van der Waals surface area (Å²) in [7, 11) is -1.58. The molecule has 1 heterocycles. The van der Waals surface area contributed by atoms with Crippen LogP contribution in [0.3, 0.4) is 0 Å². The van der Waals surface area contributed by atoms with Crippen LogP contribution in [-0.4, -0.2) is 80.5 Å². The topological polar surface area (TPSA) is 165 Å². The molecular weight excluding hydrogens is 361 g/mol. The number of carbonyl (C=O) groups excluding carboxylic acids is 1.